The first-order chi connectivity index (χ1) is 12.8. The number of hydrogen-bond acceptors (Lipinski definition) is 3. The normalized spacial score (nSPS) is 12.5. The molecular weight excluding hydrogens is 382 g/mol. The second-order valence-electron chi connectivity index (χ2n) is 5.81. The summed E-state index contributed by atoms with van der Waals surface area (Å²) in [7, 11) is 0. The average Bonchev–Trinajstić information content (AvgIpc) is 2.94. The van der Waals surface area contributed by atoms with Crippen LogP contribution in [-0.2, 0) is 11.3 Å². The summed E-state index contributed by atoms with van der Waals surface area (Å²) in [6, 6.07) is 9.56. The van der Waals surface area contributed by atoms with Crippen molar-refractivity contribution in [3.8, 4) is 0 Å². The number of rotatable bonds is 6. The van der Waals surface area contributed by atoms with Gasteiger partial charge < -0.3 is 9.88 Å². The van der Waals surface area contributed by atoms with Crippen LogP contribution in [0.2, 0.25) is 0 Å². The van der Waals surface area contributed by atoms with E-state index in [2.05, 4.69) is 10.3 Å². The van der Waals surface area contributed by atoms with Crippen molar-refractivity contribution >= 4 is 28.7 Å². The molecule has 0 bridgehead atoms. The fourth-order valence-corrected chi connectivity index (χ4v) is 3.27. The van der Waals surface area contributed by atoms with E-state index in [1.54, 1.807) is 31.2 Å². The number of alkyl halides is 2. The quantitative estimate of drug-likeness (QED) is 0.492. The Balaban J connectivity index is 1.79. The molecule has 3 aromatic rings. The predicted octanol–water partition coefficient (Wildman–Crippen LogP) is 4.51. The summed E-state index contributed by atoms with van der Waals surface area (Å²) >= 11 is 0.259. The number of hydrogen-bond donors (Lipinski definition) is 1. The molecule has 0 aliphatic heterocycles. The minimum atomic E-state index is -2.68. The fraction of sp³-hybridized carbons (Fsp3) is 0.222. The highest BCUT2D eigenvalue weighted by atomic mass is 32.2. The highest BCUT2D eigenvalue weighted by molar-refractivity contribution is 7.99. The van der Waals surface area contributed by atoms with Crippen molar-refractivity contribution in [2.75, 3.05) is 0 Å². The first kappa shape index (κ1) is 19.2. The molecule has 9 heteroatoms. The maximum atomic E-state index is 13.4. The maximum absolute atomic E-state index is 13.4. The summed E-state index contributed by atoms with van der Waals surface area (Å²) in [5.41, 5.74) is 1.44. The molecule has 1 N–H and O–H groups in total. The second-order valence-corrected chi connectivity index (χ2v) is 6.77. The Labute approximate surface area is 156 Å². The number of benzene rings is 2. The molecule has 2 aromatic carbocycles. The fourth-order valence-electron chi connectivity index (χ4n) is 2.67. The molecule has 0 saturated carbocycles. The molecule has 1 aromatic heterocycles. The number of carbonyl (C=O) groups excluding carboxylic acids is 1. The van der Waals surface area contributed by atoms with Gasteiger partial charge in [-0.25, -0.2) is 13.8 Å². The zero-order valence-electron chi connectivity index (χ0n) is 14.1. The van der Waals surface area contributed by atoms with Crippen LogP contribution >= 0.6 is 11.8 Å². The van der Waals surface area contributed by atoms with Crippen LogP contribution in [0.25, 0.3) is 11.0 Å². The highest BCUT2D eigenvalue weighted by Crippen LogP contribution is 2.28. The van der Waals surface area contributed by atoms with Gasteiger partial charge in [-0.2, -0.15) is 8.78 Å². The van der Waals surface area contributed by atoms with E-state index in [0.717, 1.165) is 12.1 Å². The number of halogens is 4. The third-order valence-electron chi connectivity index (χ3n) is 3.94. The Hall–Kier alpha value is -2.55. The lowest BCUT2D eigenvalue weighted by Gasteiger charge is -2.16. The molecule has 27 heavy (non-hydrogen) atoms. The Morgan fingerprint density at radius 3 is 2.63 bits per heavy atom. The van der Waals surface area contributed by atoms with Gasteiger partial charge in [0.2, 0.25) is 5.91 Å². The topological polar surface area (TPSA) is 46.9 Å². The molecular formula is C18H15F4N3OS. The molecule has 1 amide bonds. The van der Waals surface area contributed by atoms with Crippen molar-refractivity contribution in [3.05, 3.63) is 59.7 Å². The van der Waals surface area contributed by atoms with Gasteiger partial charge in [-0.1, -0.05) is 18.2 Å². The molecule has 0 fully saturated rings. The Bertz CT molecular complexity index is 976. The molecule has 0 radical (unpaired) electrons. The van der Waals surface area contributed by atoms with E-state index in [4.69, 9.17) is 0 Å². The maximum Gasteiger partial charge on any atom is 0.291 e. The van der Waals surface area contributed by atoms with Gasteiger partial charge in [0.1, 0.15) is 6.54 Å². The lowest BCUT2D eigenvalue weighted by atomic mass is 10.1. The molecule has 3 rings (SSSR count). The van der Waals surface area contributed by atoms with E-state index in [-0.39, 0.29) is 23.5 Å². The third kappa shape index (κ3) is 4.41. The van der Waals surface area contributed by atoms with Gasteiger partial charge in [0.15, 0.2) is 16.8 Å². The number of nitrogens with one attached hydrogen (secondary N) is 1. The molecule has 4 nitrogen and oxygen atoms in total. The lowest BCUT2D eigenvalue weighted by molar-refractivity contribution is -0.122. The van der Waals surface area contributed by atoms with E-state index in [1.165, 1.54) is 10.6 Å². The average molecular weight is 397 g/mol. The van der Waals surface area contributed by atoms with E-state index < -0.39 is 29.3 Å². The van der Waals surface area contributed by atoms with Crippen LogP contribution < -0.4 is 5.32 Å². The van der Waals surface area contributed by atoms with Crippen molar-refractivity contribution in [3.63, 3.8) is 0 Å². The molecule has 0 spiro atoms. The summed E-state index contributed by atoms with van der Waals surface area (Å²) in [4.78, 5) is 16.5. The SMILES string of the molecule is CC(NC(=O)Cn1c(SC(F)F)nc2ccccc21)c1ccc(F)c(F)c1. The summed E-state index contributed by atoms with van der Waals surface area (Å²) in [5.74, 6) is -5.13. The zero-order chi connectivity index (χ0) is 19.6. The van der Waals surface area contributed by atoms with E-state index >= 15 is 0 Å². The van der Waals surface area contributed by atoms with Gasteiger partial charge in [-0.3, -0.25) is 4.79 Å². The zero-order valence-corrected chi connectivity index (χ0v) is 14.9. The first-order valence-corrected chi connectivity index (χ1v) is 8.87. The number of nitrogens with zero attached hydrogens (tertiary/aromatic N) is 2. The van der Waals surface area contributed by atoms with Crippen LogP contribution in [0.4, 0.5) is 17.6 Å². The Morgan fingerprint density at radius 2 is 1.93 bits per heavy atom. The minimum absolute atomic E-state index is 0.0295. The van der Waals surface area contributed by atoms with E-state index in [9.17, 15) is 22.4 Å². The van der Waals surface area contributed by atoms with Crippen LogP contribution in [0, 0.1) is 11.6 Å². The highest BCUT2D eigenvalue weighted by Gasteiger charge is 2.19. The van der Waals surface area contributed by atoms with Crippen molar-refractivity contribution in [2.24, 2.45) is 0 Å². The third-order valence-corrected chi connectivity index (χ3v) is 4.64. The number of aromatic nitrogens is 2. The van der Waals surface area contributed by atoms with Crippen molar-refractivity contribution in [1.29, 1.82) is 0 Å². The standard InChI is InChI=1S/C18H15F4N3OS/c1-10(11-6-7-12(19)13(20)8-11)23-16(26)9-25-15-5-3-2-4-14(15)24-18(25)27-17(21)22/h2-8,10,17H,9H2,1H3,(H,23,26). The number of imidazole rings is 1. The lowest BCUT2D eigenvalue weighted by Crippen LogP contribution is -2.30. The summed E-state index contributed by atoms with van der Waals surface area (Å²) in [6.45, 7) is 1.38. The second kappa shape index (κ2) is 7.99. The van der Waals surface area contributed by atoms with Crippen molar-refractivity contribution < 1.29 is 22.4 Å². The van der Waals surface area contributed by atoms with E-state index in [1.807, 2.05) is 0 Å². The van der Waals surface area contributed by atoms with Crippen LogP contribution in [0.15, 0.2) is 47.6 Å². The number of amides is 1. The number of carbonyl (C=O) groups is 1. The molecule has 0 saturated heterocycles. The van der Waals surface area contributed by atoms with Gasteiger partial charge in [0, 0.05) is 0 Å². The van der Waals surface area contributed by atoms with Gasteiger partial charge in [-0.15, -0.1) is 0 Å². The van der Waals surface area contributed by atoms with E-state index in [0.29, 0.717) is 16.6 Å². The molecule has 142 valence electrons. The summed E-state index contributed by atoms with van der Waals surface area (Å²) in [6.07, 6.45) is 0. The van der Waals surface area contributed by atoms with Crippen LogP contribution in [0.5, 0.6) is 0 Å². The molecule has 0 aliphatic rings. The smallest absolute Gasteiger partial charge is 0.291 e. The first-order valence-electron chi connectivity index (χ1n) is 7.99. The minimum Gasteiger partial charge on any atom is -0.348 e. The van der Waals surface area contributed by atoms with Crippen molar-refractivity contribution in [1.82, 2.24) is 14.9 Å². The monoisotopic (exact) mass is 397 g/mol. The Kier molecular flexibility index (Phi) is 5.69. The number of para-hydroxylation sites is 2. The van der Waals surface area contributed by atoms with Crippen LogP contribution in [0.3, 0.4) is 0 Å². The predicted molar refractivity (Wildman–Crippen MR) is 94.5 cm³/mol. The summed E-state index contributed by atoms with van der Waals surface area (Å²) < 4.78 is 53.4. The van der Waals surface area contributed by atoms with Crippen molar-refractivity contribution in [2.45, 2.75) is 30.4 Å². The Morgan fingerprint density at radius 1 is 1.19 bits per heavy atom. The van der Waals surface area contributed by atoms with Gasteiger partial charge >= 0.3 is 0 Å². The molecule has 0 aliphatic carbocycles. The van der Waals surface area contributed by atoms with Gasteiger partial charge in [0.05, 0.1) is 17.1 Å². The van der Waals surface area contributed by atoms with Crippen LogP contribution in [-0.4, -0.2) is 21.2 Å². The molecule has 1 unspecified atom stereocenters. The van der Waals surface area contributed by atoms with Gasteiger partial charge in [0.25, 0.3) is 5.76 Å². The van der Waals surface area contributed by atoms with Gasteiger partial charge in [-0.05, 0) is 48.5 Å². The summed E-state index contributed by atoms with van der Waals surface area (Å²) in [5, 5.41) is 2.68. The molecule has 1 heterocycles. The van der Waals surface area contributed by atoms with Crippen LogP contribution in [0.1, 0.15) is 18.5 Å². The molecule has 1 atom stereocenters. The number of fused-ring (bicyclic) bond motifs is 1. The number of thioether (sulfide) groups is 1. The largest absolute Gasteiger partial charge is 0.348 e.